The second kappa shape index (κ2) is 11.4. The van der Waals surface area contributed by atoms with Gasteiger partial charge >= 0.3 is 5.97 Å². The summed E-state index contributed by atoms with van der Waals surface area (Å²) in [6.45, 7) is 8.70. The molecule has 1 N–H and O–H groups in total. The largest absolute Gasteiger partial charge is 0.460 e. The average molecular weight is 458 g/mol. The Balaban J connectivity index is 2.00. The second-order valence-corrected chi connectivity index (χ2v) is 12.2. The molecule has 0 saturated heterocycles. The molecular formula is C22H39N3O5S. The van der Waals surface area contributed by atoms with Crippen LogP contribution in [0, 0.1) is 5.92 Å². The van der Waals surface area contributed by atoms with Gasteiger partial charge in [0.2, 0.25) is 15.9 Å². The normalized spacial score (nSPS) is 17.1. The summed E-state index contributed by atoms with van der Waals surface area (Å²) >= 11 is 0. The van der Waals surface area contributed by atoms with Crippen LogP contribution < -0.4 is 4.72 Å². The Bertz CT molecular complexity index is 792. The highest BCUT2D eigenvalue weighted by molar-refractivity contribution is 7.90. The molecule has 0 radical (unpaired) electrons. The zero-order chi connectivity index (χ0) is 23.1. The fourth-order valence-corrected chi connectivity index (χ4v) is 4.53. The molecule has 0 bridgehead atoms. The number of nitrogens with zero attached hydrogens (tertiary/aromatic N) is 2. The number of hydrogen-bond donors (Lipinski definition) is 1. The predicted molar refractivity (Wildman–Crippen MR) is 119 cm³/mol. The van der Waals surface area contributed by atoms with Crippen molar-refractivity contribution in [2.24, 2.45) is 5.92 Å². The number of nitrogens with one attached hydrogen (secondary N) is 1. The van der Waals surface area contributed by atoms with Crippen molar-refractivity contribution < 1.29 is 22.5 Å². The van der Waals surface area contributed by atoms with E-state index in [-0.39, 0.29) is 30.7 Å². The van der Waals surface area contributed by atoms with Gasteiger partial charge in [-0.2, -0.15) is 4.98 Å². The fraction of sp³-hybridized carbons (Fsp3) is 0.864. The molecule has 1 aliphatic carbocycles. The lowest BCUT2D eigenvalue weighted by Crippen LogP contribution is -2.30. The van der Waals surface area contributed by atoms with Gasteiger partial charge in [-0.3, -0.25) is 4.79 Å². The van der Waals surface area contributed by atoms with Crippen molar-refractivity contribution in [1.82, 2.24) is 14.9 Å². The summed E-state index contributed by atoms with van der Waals surface area (Å²) in [6, 6.07) is 0. The van der Waals surface area contributed by atoms with Crippen LogP contribution in [0.25, 0.3) is 0 Å². The number of carbonyl (C=O) groups is 1. The third-order valence-corrected chi connectivity index (χ3v) is 7.40. The monoisotopic (exact) mass is 457 g/mol. The van der Waals surface area contributed by atoms with Crippen molar-refractivity contribution in [1.29, 1.82) is 0 Å². The molecule has 1 atom stereocenters. The summed E-state index contributed by atoms with van der Waals surface area (Å²) in [5.74, 6) is 0.866. The Kier molecular flexibility index (Phi) is 9.48. The molecule has 1 aromatic heterocycles. The molecule has 0 aromatic carbocycles. The van der Waals surface area contributed by atoms with Gasteiger partial charge in [0.05, 0.1) is 18.2 Å². The van der Waals surface area contributed by atoms with Crippen LogP contribution >= 0.6 is 0 Å². The number of rotatable bonds is 11. The highest BCUT2D eigenvalue weighted by Crippen LogP contribution is 2.31. The molecule has 1 fully saturated rings. The molecule has 8 nitrogen and oxygen atoms in total. The molecular weight excluding hydrogens is 418 g/mol. The van der Waals surface area contributed by atoms with Crippen molar-refractivity contribution in [3.63, 3.8) is 0 Å². The van der Waals surface area contributed by atoms with Crippen LogP contribution in [0.1, 0.15) is 110 Å². The van der Waals surface area contributed by atoms with E-state index < -0.39 is 20.9 Å². The maximum absolute atomic E-state index is 12.4. The summed E-state index contributed by atoms with van der Waals surface area (Å²) in [6.07, 6.45) is 9.58. The minimum absolute atomic E-state index is 0.0365. The van der Waals surface area contributed by atoms with Crippen LogP contribution in [-0.2, 0) is 26.1 Å². The lowest BCUT2D eigenvalue weighted by molar-refractivity contribution is -0.155. The summed E-state index contributed by atoms with van der Waals surface area (Å²) in [4.78, 5) is 16.8. The van der Waals surface area contributed by atoms with E-state index >= 15 is 0 Å². The van der Waals surface area contributed by atoms with Crippen molar-refractivity contribution in [3.05, 3.63) is 11.7 Å². The number of ether oxygens (including phenoxy) is 1. The Morgan fingerprint density at radius 3 is 2.52 bits per heavy atom. The van der Waals surface area contributed by atoms with Gasteiger partial charge in [0.25, 0.3) is 0 Å². The first-order valence-corrected chi connectivity index (χ1v) is 13.0. The summed E-state index contributed by atoms with van der Waals surface area (Å²) in [7, 11) is -3.42. The van der Waals surface area contributed by atoms with Crippen molar-refractivity contribution in [2.45, 2.75) is 116 Å². The van der Waals surface area contributed by atoms with E-state index in [1.165, 1.54) is 32.1 Å². The van der Waals surface area contributed by atoms with E-state index in [1.807, 2.05) is 20.8 Å². The molecule has 1 aromatic rings. The van der Waals surface area contributed by atoms with Gasteiger partial charge in [-0.25, -0.2) is 13.1 Å². The van der Waals surface area contributed by atoms with E-state index in [0.717, 1.165) is 25.2 Å². The number of aromatic nitrogens is 2. The van der Waals surface area contributed by atoms with Gasteiger partial charge in [-0.15, -0.1) is 0 Å². The standard InChI is InChI=1S/C22H39N3O5S/c1-16(2)31(27,28)23-15-19-24-21(30-25-19)18(14-20(26)29-22(3,4)5)13-9-12-17-10-7-6-8-11-17/h16-18,23H,6-15H2,1-5H3. The summed E-state index contributed by atoms with van der Waals surface area (Å²) in [5.41, 5.74) is -0.557. The zero-order valence-electron chi connectivity index (χ0n) is 19.6. The minimum atomic E-state index is -3.42. The third kappa shape index (κ3) is 9.27. The highest BCUT2D eigenvalue weighted by Gasteiger charge is 2.26. The van der Waals surface area contributed by atoms with E-state index in [0.29, 0.717) is 5.89 Å². The molecule has 1 saturated carbocycles. The second-order valence-electron chi connectivity index (χ2n) is 9.89. The smallest absolute Gasteiger partial charge is 0.307 e. The lowest BCUT2D eigenvalue weighted by Gasteiger charge is -2.23. The van der Waals surface area contributed by atoms with Gasteiger partial charge in [0.15, 0.2) is 5.82 Å². The van der Waals surface area contributed by atoms with Gasteiger partial charge in [0, 0.05) is 5.92 Å². The van der Waals surface area contributed by atoms with E-state index in [9.17, 15) is 13.2 Å². The van der Waals surface area contributed by atoms with Crippen LogP contribution in [0.5, 0.6) is 0 Å². The Hall–Kier alpha value is -1.48. The van der Waals surface area contributed by atoms with E-state index in [4.69, 9.17) is 9.26 Å². The van der Waals surface area contributed by atoms with Crippen LogP contribution in [0.3, 0.4) is 0 Å². The summed E-state index contributed by atoms with van der Waals surface area (Å²) in [5, 5.41) is 3.37. The first kappa shape index (κ1) is 25.8. The SMILES string of the molecule is CC(C)S(=O)(=O)NCc1noc(C(CCCC2CCCCC2)CC(=O)OC(C)(C)C)n1. The van der Waals surface area contributed by atoms with Gasteiger partial charge in [-0.1, -0.05) is 50.1 Å². The van der Waals surface area contributed by atoms with Crippen LogP contribution in [0.2, 0.25) is 0 Å². The number of hydrogen-bond acceptors (Lipinski definition) is 7. The molecule has 1 aliphatic rings. The van der Waals surface area contributed by atoms with Gasteiger partial charge in [-0.05, 0) is 47.0 Å². The Morgan fingerprint density at radius 1 is 1.23 bits per heavy atom. The molecule has 0 amide bonds. The fourth-order valence-electron chi connectivity index (χ4n) is 3.86. The van der Waals surface area contributed by atoms with Crippen molar-refractivity contribution >= 4 is 16.0 Å². The summed E-state index contributed by atoms with van der Waals surface area (Å²) < 4.78 is 37.3. The first-order chi connectivity index (χ1) is 14.5. The molecule has 0 spiro atoms. The predicted octanol–water partition coefficient (Wildman–Crippen LogP) is 4.46. The zero-order valence-corrected chi connectivity index (χ0v) is 20.5. The highest BCUT2D eigenvalue weighted by atomic mass is 32.2. The Morgan fingerprint density at radius 2 is 1.90 bits per heavy atom. The maximum atomic E-state index is 12.4. The molecule has 0 aliphatic heterocycles. The van der Waals surface area contributed by atoms with Crippen LogP contribution in [-0.4, -0.2) is 35.4 Å². The van der Waals surface area contributed by atoms with Gasteiger partial charge in [0.1, 0.15) is 5.60 Å². The first-order valence-electron chi connectivity index (χ1n) is 11.5. The van der Waals surface area contributed by atoms with E-state index in [1.54, 1.807) is 13.8 Å². The molecule has 2 rings (SSSR count). The van der Waals surface area contributed by atoms with Crippen LogP contribution in [0.4, 0.5) is 0 Å². The topological polar surface area (TPSA) is 111 Å². The Labute approximate surface area is 186 Å². The molecule has 9 heteroatoms. The maximum Gasteiger partial charge on any atom is 0.307 e. The van der Waals surface area contributed by atoms with Crippen molar-refractivity contribution in [3.8, 4) is 0 Å². The molecule has 31 heavy (non-hydrogen) atoms. The van der Waals surface area contributed by atoms with Crippen LogP contribution in [0.15, 0.2) is 4.52 Å². The lowest BCUT2D eigenvalue weighted by atomic mass is 9.84. The quantitative estimate of drug-likeness (QED) is 0.488. The third-order valence-electron chi connectivity index (χ3n) is 5.61. The van der Waals surface area contributed by atoms with Crippen molar-refractivity contribution in [2.75, 3.05) is 0 Å². The molecule has 1 heterocycles. The van der Waals surface area contributed by atoms with Gasteiger partial charge < -0.3 is 9.26 Å². The minimum Gasteiger partial charge on any atom is -0.460 e. The number of carbonyl (C=O) groups excluding carboxylic acids is 1. The number of sulfonamides is 1. The molecule has 178 valence electrons. The average Bonchev–Trinajstić information content (AvgIpc) is 3.14. The molecule has 1 unspecified atom stereocenters. The number of esters is 1. The van der Waals surface area contributed by atoms with E-state index in [2.05, 4.69) is 14.9 Å².